The van der Waals surface area contributed by atoms with Gasteiger partial charge in [0.05, 0.1) is 61.0 Å². The van der Waals surface area contributed by atoms with Crippen LogP contribution in [0.1, 0.15) is 115 Å². The highest BCUT2D eigenvalue weighted by molar-refractivity contribution is 7.91. The largest absolute Gasteiger partial charge is 0.494 e. The number of ether oxygens (including phenoxy) is 5. The lowest BCUT2D eigenvalue weighted by Gasteiger charge is -2.34. The molecule has 1 aromatic carbocycles. The minimum absolute atomic E-state index is 0.0489. The van der Waals surface area contributed by atoms with Crippen molar-refractivity contribution in [2.24, 2.45) is 29.1 Å². The monoisotopic (exact) mass is 932 g/mol. The van der Waals surface area contributed by atoms with Crippen LogP contribution in [0.4, 0.5) is 0 Å². The van der Waals surface area contributed by atoms with Gasteiger partial charge in [-0.2, -0.15) is 0 Å². The number of esters is 1. The first-order valence-electron chi connectivity index (χ1n) is 24.6. The van der Waals surface area contributed by atoms with Crippen LogP contribution in [-0.2, 0) is 45.1 Å². The molecule has 0 unspecified atom stereocenters. The lowest BCUT2D eigenvalue weighted by atomic mass is 9.77. The van der Waals surface area contributed by atoms with Crippen LogP contribution in [0.2, 0.25) is 0 Å². The molecule has 1 aromatic heterocycles. The Morgan fingerprint density at radius 1 is 1.00 bits per heavy atom. The second-order valence-electron chi connectivity index (χ2n) is 20.4. The molecule has 0 spiro atoms. The molecule has 16 heteroatoms. The number of fused-ring (bicyclic) bond motifs is 5. The van der Waals surface area contributed by atoms with E-state index >= 15 is 4.79 Å². The predicted molar refractivity (Wildman–Crippen MR) is 245 cm³/mol. The van der Waals surface area contributed by atoms with Crippen molar-refractivity contribution in [3.8, 4) is 17.4 Å². The third-order valence-electron chi connectivity index (χ3n) is 15.9. The molecule has 7 atom stereocenters. The number of Topliss-reactive ketones (excluding diaryl/α,β-unsaturated/α-hetero) is 1. The fourth-order valence-electron chi connectivity index (χ4n) is 11.2. The summed E-state index contributed by atoms with van der Waals surface area (Å²) >= 11 is 0. The summed E-state index contributed by atoms with van der Waals surface area (Å²) in [6, 6.07) is 4.76. The third kappa shape index (κ3) is 9.83. The SMILES string of the molecule is C=C[C@@H]1C[C@]1(CC(=O)[C@@H]1C[C@@H]2CN1C(=O)[C@H](C1CCCCC1)CC(=O)O[C@@H]1C[C@H]1CCCCCc1c(nc3c(OC)cccc3c1OCCN1CCOCC1)O2)C(=O)NS(=O)(=O)C1(C)CC1. The zero-order valence-electron chi connectivity index (χ0n) is 38.8. The van der Waals surface area contributed by atoms with Crippen LogP contribution in [0.15, 0.2) is 30.9 Å². The first-order valence-corrected chi connectivity index (χ1v) is 26.1. The fraction of sp³-hybridized carbons (Fsp3) is 0.700. The number of nitrogens with zero attached hydrogens (tertiary/aromatic N) is 3. The van der Waals surface area contributed by atoms with Gasteiger partial charge in [0.1, 0.15) is 35.8 Å². The van der Waals surface area contributed by atoms with Crippen LogP contribution >= 0.6 is 0 Å². The van der Waals surface area contributed by atoms with E-state index in [2.05, 4.69) is 16.2 Å². The first-order chi connectivity index (χ1) is 31.8. The molecular formula is C50H68N4O11S. The van der Waals surface area contributed by atoms with Crippen LogP contribution < -0.4 is 18.9 Å². The fourth-order valence-corrected chi connectivity index (χ4v) is 12.5. The molecule has 0 radical (unpaired) electrons. The molecule has 2 amide bonds. The van der Waals surface area contributed by atoms with E-state index in [1.54, 1.807) is 25.0 Å². The maximum atomic E-state index is 15.3. The Morgan fingerprint density at radius 2 is 1.74 bits per heavy atom. The van der Waals surface area contributed by atoms with Gasteiger partial charge in [0.2, 0.25) is 27.7 Å². The van der Waals surface area contributed by atoms with Gasteiger partial charge >= 0.3 is 5.97 Å². The Morgan fingerprint density at radius 3 is 2.45 bits per heavy atom. The molecule has 2 bridgehead atoms. The van der Waals surface area contributed by atoms with E-state index in [4.69, 9.17) is 28.7 Å². The topological polar surface area (TPSA) is 180 Å². The molecule has 3 aliphatic heterocycles. The summed E-state index contributed by atoms with van der Waals surface area (Å²) in [5, 5.41) is 0.803. The molecule has 9 rings (SSSR count). The number of benzene rings is 1. The van der Waals surface area contributed by atoms with Gasteiger partial charge in [-0.1, -0.05) is 44.2 Å². The zero-order chi connectivity index (χ0) is 46.2. The number of morpholine rings is 1. The van der Waals surface area contributed by atoms with Gasteiger partial charge in [-0.25, -0.2) is 13.4 Å². The van der Waals surface area contributed by atoms with Gasteiger partial charge in [-0.3, -0.25) is 28.8 Å². The Kier molecular flexibility index (Phi) is 13.7. The van der Waals surface area contributed by atoms with Crippen molar-refractivity contribution < 1.29 is 51.3 Å². The summed E-state index contributed by atoms with van der Waals surface area (Å²) < 4.78 is 59.1. The van der Waals surface area contributed by atoms with Gasteiger partial charge in [0.25, 0.3) is 0 Å². The number of ketones is 1. The van der Waals surface area contributed by atoms with Gasteiger partial charge in [-0.05, 0) is 94.6 Å². The maximum absolute atomic E-state index is 15.3. The van der Waals surface area contributed by atoms with Gasteiger partial charge < -0.3 is 28.6 Å². The number of allylic oxidation sites excluding steroid dienone is 1. The minimum atomic E-state index is -3.98. The molecule has 2 aromatic rings. The second-order valence-corrected chi connectivity index (χ2v) is 22.6. The number of amides is 2. The first kappa shape index (κ1) is 46.8. The van der Waals surface area contributed by atoms with E-state index in [0.717, 1.165) is 88.2 Å². The van der Waals surface area contributed by atoms with Crippen LogP contribution in [0.3, 0.4) is 0 Å². The number of para-hydroxylation sites is 1. The molecular weight excluding hydrogens is 865 g/mol. The van der Waals surface area contributed by atoms with Gasteiger partial charge in [0, 0.05) is 37.9 Å². The molecule has 4 saturated carbocycles. The summed E-state index contributed by atoms with van der Waals surface area (Å²) in [4.78, 5) is 67.0. The molecule has 66 heavy (non-hydrogen) atoms. The number of carbonyl (C=O) groups excluding carboxylic acids is 4. The molecule has 4 aliphatic carbocycles. The Labute approximate surface area is 389 Å². The average molecular weight is 933 g/mol. The number of hydrogen-bond acceptors (Lipinski definition) is 13. The molecule has 7 aliphatic rings. The van der Waals surface area contributed by atoms with Crippen molar-refractivity contribution in [3.63, 3.8) is 0 Å². The standard InChI is InChI=1S/C50H68N4O11S/c1-4-34-29-50(34,48(58)52-66(59,60)49(2)18-19-49)30-40(55)39-27-35-31-54(39)47(57)38(32-12-7-5-8-13-32)28-43(56)65-42-26-33(42)14-9-6-10-15-37-45(63-25-22-53-20-23-62-24-21-53)36-16-11-17-41(61-3)44(36)51-46(37)64-35/h4,11,16-17,32-35,38-39,42H,1,5-10,12-15,18-31H2,2-3H3,(H,52,58)/t33-,34-,35-,38+,39+,42-,50-/m1/s1. The van der Waals surface area contributed by atoms with Crippen molar-refractivity contribution in [2.75, 3.05) is 53.1 Å². The molecule has 360 valence electrons. The van der Waals surface area contributed by atoms with Gasteiger partial charge in [-0.15, -0.1) is 6.58 Å². The van der Waals surface area contributed by atoms with E-state index in [1.807, 2.05) is 18.2 Å². The van der Waals surface area contributed by atoms with E-state index in [1.165, 1.54) is 0 Å². The average Bonchev–Trinajstić information content (AvgIpc) is 4.28. The van der Waals surface area contributed by atoms with Crippen molar-refractivity contribution in [1.82, 2.24) is 19.5 Å². The summed E-state index contributed by atoms with van der Waals surface area (Å²) in [6.07, 6.45) is 11.3. The van der Waals surface area contributed by atoms with E-state index in [-0.39, 0.29) is 61.9 Å². The quantitative estimate of drug-likeness (QED) is 0.180. The predicted octanol–water partition coefficient (Wildman–Crippen LogP) is 6.09. The lowest BCUT2D eigenvalue weighted by Crippen LogP contribution is -2.48. The van der Waals surface area contributed by atoms with E-state index < -0.39 is 50.1 Å². The number of methoxy groups -OCH3 is 1. The molecule has 1 N–H and O–H groups in total. The Balaban J connectivity index is 1.07. The number of hydrogen-bond donors (Lipinski definition) is 1. The number of aromatic nitrogens is 1. The van der Waals surface area contributed by atoms with Crippen LogP contribution in [-0.4, -0.2) is 123 Å². The lowest BCUT2D eigenvalue weighted by molar-refractivity contribution is -0.153. The normalized spacial score (nSPS) is 30.7. The van der Waals surface area contributed by atoms with Crippen molar-refractivity contribution in [2.45, 2.75) is 139 Å². The number of pyridine rings is 1. The maximum Gasteiger partial charge on any atom is 0.306 e. The highest BCUT2D eigenvalue weighted by Crippen LogP contribution is 2.57. The van der Waals surface area contributed by atoms with Crippen LogP contribution in [0, 0.1) is 29.1 Å². The van der Waals surface area contributed by atoms with E-state index in [9.17, 15) is 22.8 Å². The van der Waals surface area contributed by atoms with Gasteiger partial charge in [0.15, 0.2) is 5.78 Å². The van der Waals surface area contributed by atoms with E-state index in [0.29, 0.717) is 74.4 Å². The molecule has 15 nitrogen and oxygen atoms in total. The summed E-state index contributed by atoms with van der Waals surface area (Å²) in [6.45, 7) is 9.72. The van der Waals surface area contributed by atoms with Crippen molar-refractivity contribution in [1.29, 1.82) is 0 Å². The summed E-state index contributed by atoms with van der Waals surface area (Å²) in [7, 11) is -2.38. The number of rotatable bonds is 13. The number of nitrogens with one attached hydrogen (secondary N) is 1. The van der Waals surface area contributed by atoms with Crippen LogP contribution in [0.5, 0.6) is 17.4 Å². The molecule has 4 heterocycles. The van der Waals surface area contributed by atoms with Crippen molar-refractivity contribution in [3.05, 3.63) is 36.4 Å². The van der Waals surface area contributed by atoms with Crippen molar-refractivity contribution >= 4 is 44.5 Å². The number of carbonyl (C=O) groups is 4. The Bertz CT molecular complexity index is 2290. The highest BCUT2D eigenvalue weighted by Gasteiger charge is 2.62. The molecule has 2 saturated heterocycles. The highest BCUT2D eigenvalue weighted by atomic mass is 32.2. The molecule has 6 fully saturated rings. The third-order valence-corrected chi connectivity index (χ3v) is 18.1. The summed E-state index contributed by atoms with van der Waals surface area (Å²) in [5.74, 6) is -1.04. The smallest absolute Gasteiger partial charge is 0.306 e. The minimum Gasteiger partial charge on any atom is -0.494 e. The Hall–Kier alpha value is -4.28. The summed E-state index contributed by atoms with van der Waals surface area (Å²) in [5.41, 5.74) is 0.0723. The zero-order valence-corrected chi connectivity index (χ0v) is 39.6. The number of sulfonamides is 1. The van der Waals surface area contributed by atoms with Crippen LogP contribution in [0.25, 0.3) is 10.9 Å². The second kappa shape index (κ2) is 19.4.